The Kier molecular flexibility index (Phi) is 4.37. The van der Waals surface area contributed by atoms with Gasteiger partial charge in [0.2, 0.25) is 0 Å². The molecule has 0 atom stereocenters. The highest BCUT2D eigenvalue weighted by Gasteiger charge is 2.17. The lowest BCUT2D eigenvalue weighted by molar-refractivity contribution is 1.08. The number of aromatic nitrogens is 3. The molecule has 3 heteroatoms. The van der Waals surface area contributed by atoms with Crippen molar-refractivity contribution in [2.24, 2.45) is 0 Å². The van der Waals surface area contributed by atoms with Crippen LogP contribution in [0.1, 0.15) is 20.6 Å². The molecule has 0 aliphatic heterocycles. The zero-order valence-electron chi connectivity index (χ0n) is 42.1. The summed E-state index contributed by atoms with van der Waals surface area (Å²) >= 11 is 0. The van der Waals surface area contributed by atoms with Gasteiger partial charge in [-0.1, -0.05) is 164 Å². The van der Waals surface area contributed by atoms with E-state index in [0.717, 1.165) is 32.3 Å². The molecule has 242 valence electrons. The Hall–Kier alpha value is -6.97. The molecular weight excluding hydrogens is 631 g/mol. The molecule has 0 saturated carbocycles. The van der Waals surface area contributed by atoms with Crippen molar-refractivity contribution in [2.75, 3.05) is 0 Å². The van der Waals surface area contributed by atoms with Crippen LogP contribution in [0.4, 0.5) is 0 Å². The molecule has 0 saturated heterocycles. The predicted molar refractivity (Wildman–Crippen MR) is 217 cm³/mol. The quantitative estimate of drug-likeness (QED) is 0.170. The molecule has 9 aromatic carbocycles. The Morgan fingerprint density at radius 1 is 0.327 bits per heavy atom. The molecule has 10 aromatic rings. The summed E-state index contributed by atoms with van der Waals surface area (Å²) < 4.78 is 134. The van der Waals surface area contributed by atoms with E-state index in [9.17, 15) is 6.85 Å². The Balaban J connectivity index is 1.27. The van der Waals surface area contributed by atoms with Crippen molar-refractivity contribution < 1.29 is 20.6 Å². The van der Waals surface area contributed by atoms with Crippen LogP contribution in [0.15, 0.2) is 188 Å². The molecule has 0 bridgehead atoms. The maximum atomic E-state index is 9.72. The topological polar surface area (TPSA) is 38.7 Å². The van der Waals surface area contributed by atoms with E-state index < -0.39 is 124 Å². The van der Waals surface area contributed by atoms with Crippen LogP contribution >= 0.6 is 0 Å². The third-order valence-corrected chi connectivity index (χ3v) is 8.90. The highest BCUT2D eigenvalue weighted by atomic mass is 15.0. The summed E-state index contributed by atoms with van der Waals surface area (Å²) in [5.74, 6) is 0.0984. The van der Waals surface area contributed by atoms with Gasteiger partial charge in [-0.2, -0.15) is 0 Å². The molecule has 0 aliphatic carbocycles. The molecular formula is C49H31N3. The van der Waals surface area contributed by atoms with Gasteiger partial charge in [0, 0.05) is 16.7 Å². The lowest BCUT2D eigenvalue weighted by atomic mass is 9.96. The summed E-state index contributed by atoms with van der Waals surface area (Å²) in [5.41, 5.74) is -1.38. The van der Waals surface area contributed by atoms with Gasteiger partial charge < -0.3 is 0 Å². The molecule has 0 spiro atoms. The van der Waals surface area contributed by atoms with Gasteiger partial charge in [0.15, 0.2) is 17.5 Å². The lowest BCUT2D eigenvalue weighted by Crippen LogP contribution is -2.01. The zero-order valence-corrected chi connectivity index (χ0v) is 27.1. The molecule has 0 radical (unpaired) electrons. The van der Waals surface area contributed by atoms with E-state index in [-0.39, 0.29) is 23.0 Å². The predicted octanol–water partition coefficient (Wildman–Crippen LogP) is 12.8. The first-order valence-corrected chi connectivity index (χ1v) is 16.4. The van der Waals surface area contributed by atoms with Gasteiger partial charge in [-0.25, -0.2) is 15.0 Å². The number of hydrogen-bond donors (Lipinski definition) is 0. The smallest absolute Gasteiger partial charge is 0.164 e. The fourth-order valence-corrected chi connectivity index (χ4v) is 6.47. The first-order valence-electron chi connectivity index (χ1n) is 23.9. The van der Waals surface area contributed by atoms with Crippen molar-refractivity contribution in [1.82, 2.24) is 15.0 Å². The van der Waals surface area contributed by atoms with E-state index in [1.807, 2.05) is 97.1 Å². The lowest BCUT2D eigenvalue weighted by Gasteiger charge is -2.13. The average molecular weight is 677 g/mol. The van der Waals surface area contributed by atoms with Gasteiger partial charge in [-0.15, -0.1) is 0 Å². The Morgan fingerprint density at radius 3 is 1.67 bits per heavy atom. The number of fused-ring (bicyclic) bond motifs is 5. The normalized spacial score (nSPS) is 15.5. The number of hydrogen-bond acceptors (Lipinski definition) is 3. The van der Waals surface area contributed by atoms with Crippen LogP contribution in [0.5, 0.6) is 0 Å². The summed E-state index contributed by atoms with van der Waals surface area (Å²) in [7, 11) is 0. The fraction of sp³-hybridized carbons (Fsp3) is 0. The molecule has 0 aliphatic rings. The van der Waals surface area contributed by atoms with E-state index >= 15 is 0 Å². The number of nitrogens with zero attached hydrogens (tertiary/aromatic N) is 3. The molecule has 0 unspecified atom stereocenters. The summed E-state index contributed by atoms with van der Waals surface area (Å²) in [6, 6.07) is 19.6. The molecule has 52 heavy (non-hydrogen) atoms. The van der Waals surface area contributed by atoms with E-state index in [0.29, 0.717) is 11.1 Å². The van der Waals surface area contributed by atoms with Crippen LogP contribution in [0, 0.1) is 0 Å². The average Bonchev–Trinajstić information content (AvgIpc) is 3.34. The highest BCUT2D eigenvalue weighted by molar-refractivity contribution is 6.13. The van der Waals surface area contributed by atoms with Crippen molar-refractivity contribution in [3.05, 3.63) is 188 Å². The molecule has 0 N–H and O–H groups in total. The van der Waals surface area contributed by atoms with E-state index in [1.54, 1.807) is 0 Å². The monoisotopic (exact) mass is 676 g/mol. The highest BCUT2D eigenvalue weighted by Crippen LogP contribution is 2.37. The van der Waals surface area contributed by atoms with E-state index in [4.69, 9.17) is 28.7 Å². The van der Waals surface area contributed by atoms with Crippen LogP contribution in [0.25, 0.3) is 99.5 Å². The van der Waals surface area contributed by atoms with Gasteiger partial charge in [-0.3, -0.25) is 0 Å². The third kappa shape index (κ3) is 5.28. The minimum absolute atomic E-state index is 0.164. The zero-order chi connectivity index (χ0) is 47.5. The van der Waals surface area contributed by atoms with Crippen molar-refractivity contribution in [1.29, 1.82) is 0 Å². The summed E-state index contributed by atoms with van der Waals surface area (Å²) in [6.07, 6.45) is 0. The third-order valence-electron chi connectivity index (χ3n) is 8.90. The summed E-state index contributed by atoms with van der Waals surface area (Å²) in [4.78, 5) is 14.8. The van der Waals surface area contributed by atoms with Gasteiger partial charge in [0.25, 0.3) is 0 Å². The van der Waals surface area contributed by atoms with Crippen LogP contribution in [-0.4, -0.2) is 15.0 Å². The molecule has 0 amide bonds. The molecule has 0 fully saturated rings. The van der Waals surface area contributed by atoms with Crippen molar-refractivity contribution in [2.45, 2.75) is 0 Å². The molecule has 1 aromatic heterocycles. The van der Waals surface area contributed by atoms with Crippen molar-refractivity contribution in [3.8, 4) is 56.4 Å². The van der Waals surface area contributed by atoms with Crippen LogP contribution in [-0.2, 0) is 0 Å². The fourth-order valence-electron chi connectivity index (χ4n) is 6.47. The Morgan fingerprint density at radius 2 is 0.885 bits per heavy atom. The number of rotatable bonds is 5. The summed E-state index contributed by atoms with van der Waals surface area (Å²) in [6.45, 7) is 0. The van der Waals surface area contributed by atoms with Crippen LogP contribution < -0.4 is 0 Å². The maximum Gasteiger partial charge on any atom is 0.164 e. The molecule has 3 nitrogen and oxygen atoms in total. The van der Waals surface area contributed by atoms with Gasteiger partial charge in [0.05, 0.1) is 20.6 Å². The van der Waals surface area contributed by atoms with Crippen LogP contribution in [0.3, 0.4) is 0 Å². The Bertz CT molecular complexity index is 3800. The molecule has 10 rings (SSSR count). The summed E-state index contributed by atoms with van der Waals surface area (Å²) in [5, 5.41) is 4.23. The second kappa shape index (κ2) is 12.4. The SMILES string of the molecule is [2H]c1c([2H])c([2H])c(-c2c([2H])c([2H])c3c([2H])c(-c4c([2H])c([2H])c([2H])c(-c5nc(-c6cccc7ccccc67)nc(-c6cc7ccccc7c7ccccc67)n5)c4[2H])c([2H])c([2H])c3c2[2H])c([2H])c1[2H]. The maximum absolute atomic E-state index is 9.72. The van der Waals surface area contributed by atoms with Gasteiger partial charge in [0.1, 0.15) is 0 Å². The first-order chi connectivity index (χ1) is 32.0. The van der Waals surface area contributed by atoms with E-state index in [1.165, 1.54) is 0 Å². The largest absolute Gasteiger partial charge is 0.208 e. The van der Waals surface area contributed by atoms with Crippen molar-refractivity contribution >= 4 is 43.1 Å². The Labute approximate surface area is 322 Å². The van der Waals surface area contributed by atoms with Gasteiger partial charge in [-0.05, 0) is 89.5 Å². The van der Waals surface area contributed by atoms with Crippen LogP contribution in [0.2, 0.25) is 0 Å². The van der Waals surface area contributed by atoms with E-state index in [2.05, 4.69) is 0 Å². The first kappa shape index (κ1) is 18.3. The minimum atomic E-state index is -0.798. The standard InChI is InChI=1S/C49H31N3/c1-2-12-32(13-3-1)35-24-25-38-29-36(26-27-37(38)28-35)34-17-10-18-40(30-34)47-50-48(45-23-11-16-33-14-4-6-19-41(33)45)52-49(51-47)46-31-39-15-5-7-20-42(39)43-21-8-9-22-44(43)46/h1-31H/i1D,2D,3D,10D,12D,13D,17D,18D,24D,25D,26D,27D,28D,29D,30D. The van der Waals surface area contributed by atoms with Gasteiger partial charge >= 0.3 is 0 Å². The number of benzene rings is 9. The minimum Gasteiger partial charge on any atom is -0.208 e. The second-order valence-electron chi connectivity index (χ2n) is 12.0. The molecule has 1 heterocycles. The second-order valence-corrected chi connectivity index (χ2v) is 12.0. The van der Waals surface area contributed by atoms with Crippen molar-refractivity contribution in [3.63, 3.8) is 0 Å².